The molecule has 0 unspecified atom stereocenters. The molecule has 0 aliphatic carbocycles. The van der Waals surface area contributed by atoms with Crippen LogP contribution in [0.4, 0.5) is 0 Å². The highest BCUT2D eigenvalue weighted by atomic mass is 32.2. The molecular formula is C15H20N4OS. The monoisotopic (exact) mass is 304 g/mol. The Morgan fingerprint density at radius 3 is 3.10 bits per heavy atom. The smallest absolute Gasteiger partial charge is 0.253 e. The van der Waals surface area contributed by atoms with E-state index in [1.165, 1.54) is 12.8 Å². The first-order valence-electron chi connectivity index (χ1n) is 7.49. The number of hydrogen-bond acceptors (Lipinski definition) is 4. The van der Waals surface area contributed by atoms with E-state index in [0.29, 0.717) is 10.8 Å². The van der Waals surface area contributed by atoms with Crippen LogP contribution in [-0.2, 0) is 0 Å². The van der Waals surface area contributed by atoms with Crippen LogP contribution in [0, 0.1) is 0 Å². The molecule has 0 spiro atoms. The van der Waals surface area contributed by atoms with Crippen molar-refractivity contribution in [1.82, 2.24) is 20.3 Å². The molecule has 0 bridgehead atoms. The van der Waals surface area contributed by atoms with Crippen molar-refractivity contribution in [3.8, 4) is 0 Å². The van der Waals surface area contributed by atoms with Gasteiger partial charge in [-0.15, -0.1) is 0 Å². The van der Waals surface area contributed by atoms with Gasteiger partial charge in [0.2, 0.25) is 0 Å². The van der Waals surface area contributed by atoms with E-state index in [1.807, 2.05) is 34.9 Å². The number of aromatic nitrogens is 3. The van der Waals surface area contributed by atoms with Crippen molar-refractivity contribution in [1.29, 1.82) is 0 Å². The molecule has 112 valence electrons. The molecule has 1 atom stereocenters. The number of likely N-dealkylation sites (tertiary alicyclic amines) is 1. The third-order valence-electron chi connectivity index (χ3n) is 3.88. The van der Waals surface area contributed by atoms with Crippen LogP contribution in [0.15, 0.2) is 18.2 Å². The van der Waals surface area contributed by atoms with E-state index in [0.717, 1.165) is 36.3 Å². The number of hydrogen-bond donors (Lipinski definition) is 1. The molecule has 2 aromatic rings. The molecule has 1 aliphatic heterocycles. The van der Waals surface area contributed by atoms with Crippen LogP contribution < -0.4 is 0 Å². The second-order valence-corrected chi connectivity index (χ2v) is 6.93. The number of rotatable bonds is 3. The zero-order chi connectivity index (χ0) is 14.7. The van der Waals surface area contributed by atoms with Crippen molar-refractivity contribution in [3.05, 3.63) is 23.8 Å². The number of aromatic amines is 1. The molecule has 1 aromatic heterocycles. The van der Waals surface area contributed by atoms with Gasteiger partial charge in [0.25, 0.3) is 5.91 Å². The fraction of sp³-hybridized carbons (Fsp3) is 0.533. The van der Waals surface area contributed by atoms with Gasteiger partial charge in [0.05, 0.1) is 0 Å². The lowest BCUT2D eigenvalue weighted by atomic mass is 10.1. The van der Waals surface area contributed by atoms with Crippen LogP contribution in [0.3, 0.4) is 0 Å². The fourth-order valence-electron chi connectivity index (χ4n) is 2.82. The minimum atomic E-state index is 0.114. The van der Waals surface area contributed by atoms with Gasteiger partial charge in [-0.25, -0.2) is 0 Å². The number of nitrogens with one attached hydrogen (secondary N) is 1. The number of amides is 1. The SMILES string of the molecule is CCS[C@H]1CCCCN(C(=O)c2ccc3n[nH]nc3c2)C1. The van der Waals surface area contributed by atoms with E-state index >= 15 is 0 Å². The third-order valence-corrected chi connectivity index (χ3v) is 5.07. The zero-order valence-electron chi connectivity index (χ0n) is 12.2. The van der Waals surface area contributed by atoms with Crippen LogP contribution in [0.5, 0.6) is 0 Å². The van der Waals surface area contributed by atoms with Gasteiger partial charge in [-0.2, -0.15) is 27.2 Å². The van der Waals surface area contributed by atoms with Crippen LogP contribution in [0.2, 0.25) is 0 Å². The first kappa shape index (κ1) is 14.4. The molecular weight excluding hydrogens is 284 g/mol. The standard InChI is InChI=1S/C15H20N4OS/c1-2-21-12-5-3-4-8-19(10-12)15(20)11-6-7-13-14(9-11)17-18-16-13/h6-7,9,12H,2-5,8,10H2,1H3,(H,16,17,18)/t12-/m0/s1. The largest absolute Gasteiger partial charge is 0.338 e. The molecule has 0 radical (unpaired) electrons. The molecule has 0 saturated carbocycles. The number of fused-ring (bicyclic) bond motifs is 1. The number of H-pyrrole nitrogens is 1. The lowest BCUT2D eigenvalue weighted by molar-refractivity contribution is 0.0763. The summed E-state index contributed by atoms with van der Waals surface area (Å²) in [4.78, 5) is 14.7. The molecule has 1 fully saturated rings. The Bertz CT molecular complexity index is 627. The first-order chi connectivity index (χ1) is 10.3. The van der Waals surface area contributed by atoms with Crippen molar-refractivity contribution in [2.75, 3.05) is 18.8 Å². The number of benzene rings is 1. The lowest BCUT2D eigenvalue weighted by Gasteiger charge is -2.24. The van der Waals surface area contributed by atoms with Gasteiger partial charge in [-0.05, 0) is 36.8 Å². The van der Waals surface area contributed by atoms with Crippen molar-refractivity contribution in [3.63, 3.8) is 0 Å². The summed E-state index contributed by atoms with van der Waals surface area (Å²) < 4.78 is 0. The van der Waals surface area contributed by atoms with Crippen molar-refractivity contribution >= 4 is 28.7 Å². The van der Waals surface area contributed by atoms with Gasteiger partial charge in [0.15, 0.2) is 0 Å². The summed E-state index contributed by atoms with van der Waals surface area (Å²) in [5.41, 5.74) is 2.25. The normalized spacial score (nSPS) is 19.7. The van der Waals surface area contributed by atoms with Gasteiger partial charge in [0, 0.05) is 23.9 Å². The quantitative estimate of drug-likeness (QED) is 0.947. The fourth-order valence-corrected chi connectivity index (χ4v) is 3.91. The van der Waals surface area contributed by atoms with E-state index < -0.39 is 0 Å². The predicted molar refractivity (Wildman–Crippen MR) is 85.6 cm³/mol. The van der Waals surface area contributed by atoms with E-state index in [4.69, 9.17) is 0 Å². The van der Waals surface area contributed by atoms with Gasteiger partial charge in [0.1, 0.15) is 11.0 Å². The van der Waals surface area contributed by atoms with E-state index in [1.54, 1.807) is 0 Å². The molecule has 21 heavy (non-hydrogen) atoms. The highest BCUT2D eigenvalue weighted by Crippen LogP contribution is 2.23. The summed E-state index contributed by atoms with van der Waals surface area (Å²) >= 11 is 1.96. The average molecular weight is 304 g/mol. The van der Waals surface area contributed by atoms with Crippen LogP contribution >= 0.6 is 11.8 Å². The summed E-state index contributed by atoms with van der Waals surface area (Å²) in [6.07, 6.45) is 3.52. The minimum Gasteiger partial charge on any atom is -0.338 e. The molecule has 1 aromatic carbocycles. The Labute approximate surface area is 128 Å². The summed E-state index contributed by atoms with van der Waals surface area (Å²) in [5, 5.41) is 11.2. The second kappa shape index (κ2) is 6.47. The van der Waals surface area contributed by atoms with Crippen molar-refractivity contribution < 1.29 is 4.79 Å². The van der Waals surface area contributed by atoms with Gasteiger partial charge in [-0.1, -0.05) is 13.3 Å². The Balaban J connectivity index is 1.78. The maximum Gasteiger partial charge on any atom is 0.253 e. The predicted octanol–water partition coefficient (Wildman–Crippen LogP) is 2.71. The Morgan fingerprint density at radius 2 is 2.24 bits per heavy atom. The van der Waals surface area contributed by atoms with E-state index in [9.17, 15) is 4.79 Å². The third kappa shape index (κ3) is 3.20. The molecule has 3 rings (SSSR count). The van der Waals surface area contributed by atoms with Crippen molar-refractivity contribution in [2.24, 2.45) is 0 Å². The molecule has 1 saturated heterocycles. The molecule has 5 nitrogen and oxygen atoms in total. The summed E-state index contributed by atoms with van der Waals surface area (Å²) in [6.45, 7) is 3.89. The number of carbonyl (C=O) groups excluding carboxylic acids is 1. The van der Waals surface area contributed by atoms with Crippen molar-refractivity contribution in [2.45, 2.75) is 31.4 Å². The van der Waals surface area contributed by atoms with Gasteiger partial charge < -0.3 is 4.90 Å². The Hall–Kier alpha value is -1.56. The van der Waals surface area contributed by atoms with Crippen LogP contribution in [-0.4, -0.2) is 50.3 Å². The van der Waals surface area contributed by atoms with E-state index in [2.05, 4.69) is 22.3 Å². The first-order valence-corrected chi connectivity index (χ1v) is 8.54. The molecule has 6 heteroatoms. The summed E-state index contributed by atoms with van der Waals surface area (Å²) in [5.74, 6) is 1.22. The van der Waals surface area contributed by atoms with Crippen LogP contribution in [0.25, 0.3) is 11.0 Å². The number of carbonyl (C=O) groups is 1. The molecule has 1 N–H and O–H groups in total. The number of nitrogens with zero attached hydrogens (tertiary/aromatic N) is 3. The van der Waals surface area contributed by atoms with Gasteiger partial charge in [-0.3, -0.25) is 4.79 Å². The highest BCUT2D eigenvalue weighted by molar-refractivity contribution is 7.99. The Morgan fingerprint density at radius 1 is 1.38 bits per heavy atom. The lowest BCUT2D eigenvalue weighted by Crippen LogP contribution is -2.35. The zero-order valence-corrected chi connectivity index (χ0v) is 13.0. The van der Waals surface area contributed by atoms with E-state index in [-0.39, 0.29) is 5.91 Å². The Kier molecular flexibility index (Phi) is 4.43. The second-order valence-electron chi connectivity index (χ2n) is 5.35. The maximum absolute atomic E-state index is 12.7. The summed E-state index contributed by atoms with van der Waals surface area (Å²) in [7, 11) is 0. The topological polar surface area (TPSA) is 61.9 Å². The maximum atomic E-state index is 12.7. The molecule has 1 amide bonds. The number of thioether (sulfide) groups is 1. The molecule has 2 heterocycles. The van der Waals surface area contributed by atoms with Crippen LogP contribution in [0.1, 0.15) is 36.5 Å². The minimum absolute atomic E-state index is 0.114. The molecule has 1 aliphatic rings. The van der Waals surface area contributed by atoms with Gasteiger partial charge >= 0.3 is 0 Å². The average Bonchev–Trinajstić information content (AvgIpc) is 2.84. The highest BCUT2D eigenvalue weighted by Gasteiger charge is 2.23. The summed E-state index contributed by atoms with van der Waals surface area (Å²) in [6, 6.07) is 5.52.